The fourth-order valence-corrected chi connectivity index (χ4v) is 3.48. The van der Waals surface area contributed by atoms with Crippen molar-refractivity contribution < 1.29 is 4.52 Å². The summed E-state index contributed by atoms with van der Waals surface area (Å²) in [7, 11) is 0. The highest BCUT2D eigenvalue weighted by molar-refractivity contribution is 5.95. The maximum atomic E-state index is 9.43. The first kappa shape index (κ1) is 14.8. The van der Waals surface area contributed by atoms with E-state index in [1.54, 1.807) is 0 Å². The number of benzene rings is 1. The summed E-state index contributed by atoms with van der Waals surface area (Å²) in [5, 5.41) is 14.6. The summed E-state index contributed by atoms with van der Waals surface area (Å²) >= 11 is 0. The van der Waals surface area contributed by atoms with Crippen LogP contribution in [0.5, 0.6) is 0 Å². The molecule has 1 saturated heterocycles. The van der Waals surface area contributed by atoms with Gasteiger partial charge >= 0.3 is 0 Å². The molecular formula is C18H19N5O. The Bertz CT molecular complexity index is 942. The molecule has 0 amide bonds. The number of aryl methyl sites for hydroxylation is 2. The largest absolute Gasteiger partial charge is 0.367 e. The van der Waals surface area contributed by atoms with Crippen LogP contribution in [0.2, 0.25) is 0 Å². The zero-order chi connectivity index (χ0) is 16.8. The summed E-state index contributed by atoms with van der Waals surface area (Å²) in [6, 6.07) is 10.2. The molecule has 24 heavy (non-hydrogen) atoms. The van der Waals surface area contributed by atoms with E-state index in [9.17, 15) is 5.26 Å². The molecule has 6 heteroatoms. The van der Waals surface area contributed by atoms with Crippen LogP contribution in [-0.2, 0) is 0 Å². The van der Waals surface area contributed by atoms with E-state index in [1.165, 1.54) is 0 Å². The number of rotatable bonds is 2. The highest BCUT2D eigenvalue weighted by Gasteiger charge is 2.25. The first-order valence-corrected chi connectivity index (χ1v) is 8.08. The number of aromatic nitrogens is 2. The molecule has 2 N–H and O–H groups in total. The van der Waals surface area contributed by atoms with Crippen LogP contribution in [0.3, 0.4) is 0 Å². The van der Waals surface area contributed by atoms with E-state index in [1.807, 2.05) is 42.7 Å². The molecule has 1 fully saturated rings. The number of hydrogen-bond donors (Lipinski definition) is 1. The molecule has 1 unspecified atom stereocenters. The minimum atomic E-state index is 0.155. The van der Waals surface area contributed by atoms with E-state index in [0.717, 1.165) is 47.8 Å². The molecule has 0 saturated carbocycles. The Morgan fingerprint density at radius 1 is 1.29 bits per heavy atom. The fraction of sp³-hybridized carbons (Fsp3) is 0.333. The molecule has 3 heterocycles. The first-order chi connectivity index (χ1) is 11.6. The summed E-state index contributed by atoms with van der Waals surface area (Å²) in [6.07, 6.45) is 0.940. The lowest BCUT2D eigenvalue weighted by atomic mass is 10.1. The molecule has 0 radical (unpaired) electrons. The number of anilines is 1. The Morgan fingerprint density at radius 3 is 2.67 bits per heavy atom. The van der Waals surface area contributed by atoms with Crippen molar-refractivity contribution in [2.75, 3.05) is 18.0 Å². The van der Waals surface area contributed by atoms with Crippen molar-refractivity contribution in [2.45, 2.75) is 26.3 Å². The Balaban J connectivity index is 1.95. The molecule has 1 atom stereocenters. The van der Waals surface area contributed by atoms with Gasteiger partial charge in [0, 0.05) is 30.5 Å². The van der Waals surface area contributed by atoms with Gasteiger partial charge in [0.2, 0.25) is 0 Å². The van der Waals surface area contributed by atoms with Crippen LogP contribution in [0.25, 0.3) is 16.8 Å². The minimum Gasteiger partial charge on any atom is -0.367 e. The number of nitriles is 1. The summed E-state index contributed by atoms with van der Waals surface area (Å²) in [6.45, 7) is 5.69. The van der Waals surface area contributed by atoms with Crippen LogP contribution >= 0.6 is 0 Å². The molecule has 1 aliphatic rings. The molecule has 1 aromatic carbocycles. The quantitative estimate of drug-likeness (QED) is 0.784. The topological polar surface area (TPSA) is 84.0 Å². The third kappa shape index (κ3) is 2.17. The van der Waals surface area contributed by atoms with Crippen LogP contribution in [0.4, 0.5) is 5.69 Å². The van der Waals surface area contributed by atoms with E-state index >= 15 is 0 Å². The third-order valence-corrected chi connectivity index (χ3v) is 4.71. The third-order valence-electron chi connectivity index (χ3n) is 4.71. The van der Waals surface area contributed by atoms with Crippen LogP contribution in [0.15, 0.2) is 28.8 Å². The van der Waals surface area contributed by atoms with Crippen LogP contribution < -0.4 is 10.6 Å². The number of hydrogen-bond acceptors (Lipinski definition) is 5. The fourth-order valence-electron chi connectivity index (χ4n) is 3.48. The van der Waals surface area contributed by atoms with E-state index in [4.69, 9.17) is 10.3 Å². The van der Waals surface area contributed by atoms with Gasteiger partial charge in [-0.05, 0) is 44.5 Å². The standard InChI is InChI=1S/C18H19N5O/c1-11-3-4-12(2)23(11)18-15-7-13(9-19)8-16(17(15)24-21-18)22-6-5-14(20)10-22/h3-4,7-8,14H,5-6,10,20H2,1-2H3. The second kappa shape index (κ2) is 5.39. The Kier molecular flexibility index (Phi) is 3.32. The average Bonchev–Trinajstić information content (AvgIpc) is 3.26. The molecule has 4 rings (SSSR count). The Hall–Kier alpha value is -2.78. The summed E-state index contributed by atoms with van der Waals surface area (Å²) < 4.78 is 7.75. The molecular weight excluding hydrogens is 302 g/mol. The SMILES string of the molecule is Cc1ccc(C)n1-c1noc2c(N3CCC(N)C3)cc(C#N)cc12. The molecule has 6 nitrogen and oxygen atoms in total. The minimum absolute atomic E-state index is 0.155. The van der Waals surface area contributed by atoms with Crippen molar-refractivity contribution in [1.82, 2.24) is 9.72 Å². The highest BCUT2D eigenvalue weighted by Crippen LogP contribution is 2.34. The van der Waals surface area contributed by atoms with E-state index in [2.05, 4.69) is 16.1 Å². The van der Waals surface area contributed by atoms with Crippen molar-refractivity contribution in [3.8, 4) is 11.9 Å². The van der Waals surface area contributed by atoms with Crippen molar-refractivity contribution >= 4 is 16.7 Å². The van der Waals surface area contributed by atoms with E-state index in [0.29, 0.717) is 11.1 Å². The predicted octanol–water partition coefficient (Wildman–Crippen LogP) is 2.64. The van der Waals surface area contributed by atoms with Gasteiger partial charge in [0.1, 0.15) is 0 Å². The van der Waals surface area contributed by atoms with E-state index < -0.39 is 0 Å². The molecule has 1 aliphatic heterocycles. The monoisotopic (exact) mass is 321 g/mol. The van der Waals surface area contributed by atoms with Crippen LogP contribution in [0.1, 0.15) is 23.4 Å². The lowest BCUT2D eigenvalue weighted by Gasteiger charge is -2.18. The van der Waals surface area contributed by atoms with Crippen LogP contribution in [-0.4, -0.2) is 28.9 Å². The number of nitrogens with two attached hydrogens (primary N) is 1. The first-order valence-electron chi connectivity index (χ1n) is 8.08. The summed E-state index contributed by atoms with van der Waals surface area (Å²) in [5.74, 6) is 0.729. The van der Waals surface area contributed by atoms with Gasteiger partial charge < -0.3 is 15.2 Å². The van der Waals surface area contributed by atoms with Crippen molar-refractivity contribution in [1.29, 1.82) is 5.26 Å². The average molecular weight is 321 g/mol. The van der Waals surface area contributed by atoms with Crippen molar-refractivity contribution in [3.05, 3.63) is 41.2 Å². The van der Waals surface area contributed by atoms with Gasteiger partial charge in [-0.25, -0.2) is 0 Å². The van der Waals surface area contributed by atoms with Gasteiger partial charge in [0.25, 0.3) is 0 Å². The normalized spacial score (nSPS) is 17.6. The summed E-state index contributed by atoms with van der Waals surface area (Å²) in [4.78, 5) is 2.18. The second-order valence-corrected chi connectivity index (χ2v) is 6.44. The van der Waals surface area contributed by atoms with Crippen molar-refractivity contribution in [2.24, 2.45) is 5.73 Å². The molecule has 0 aliphatic carbocycles. The molecule has 122 valence electrons. The molecule has 0 bridgehead atoms. The maximum Gasteiger partial charge on any atom is 0.192 e. The molecule has 3 aromatic rings. The van der Waals surface area contributed by atoms with Gasteiger partial charge in [-0.2, -0.15) is 5.26 Å². The Labute approximate surface area is 140 Å². The maximum absolute atomic E-state index is 9.43. The van der Waals surface area contributed by atoms with Gasteiger partial charge in [-0.1, -0.05) is 5.16 Å². The van der Waals surface area contributed by atoms with E-state index in [-0.39, 0.29) is 6.04 Å². The van der Waals surface area contributed by atoms with Crippen LogP contribution in [0, 0.1) is 25.2 Å². The second-order valence-electron chi connectivity index (χ2n) is 6.44. The van der Waals surface area contributed by atoms with Gasteiger partial charge in [0.05, 0.1) is 22.7 Å². The predicted molar refractivity (Wildman–Crippen MR) is 92.3 cm³/mol. The number of nitrogens with zero attached hydrogens (tertiary/aromatic N) is 4. The Morgan fingerprint density at radius 2 is 2.04 bits per heavy atom. The van der Waals surface area contributed by atoms with Gasteiger partial charge in [0.15, 0.2) is 11.4 Å². The zero-order valence-corrected chi connectivity index (χ0v) is 13.8. The lowest BCUT2D eigenvalue weighted by Crippen LogP contribution is -2.26. The lowest BCUT2D eigenvalue weighted by molar-refractivity contribution is 0.451. The molecule has 0 spiro atoms. The smallest absolute Gasteiger partial charge is 0.192 e. The number of fused-ring (bicyclic) bond motifs is 1. The highest BCUT2D eigenvalue weighted by atomic mass is 16.5. The summed E-state index contributed by atoms with van der Waals surface area (Å²) in [5.41, 5.74) is 10.4. The van der Waals surface area contributed by atoms with Gasteiger partial charge in [-0.3, -0.25) is 4.57 Å². The molecule has 2 aromatic heterocycles. The zero-order valence-electron chi connectivity index (χ0n) is 13.8. The van der Waals surface area contributed by atoms with Gasteiger partial charge in [-0.15, -0.1) is 0 Å². The van der Waals surface area contributed by atoms with Crippen molar-refractivity contribution in [3.63, 3.8) is 0 Å².